The van der Waals surface area contributed by atoms with E-state index < -0.39 is 10.0 Å². The monoisotopic (exact) mass is 440 g/mol. The highest BCUT2D eigenvalue weighted by Gasteiger charge is 2.31. The first kappa shape index (κ1) is 20.6. The van der Waals surface area contributed by atoms with Crippen molar-refractivity contribution >= 4 is 33.0 Å². The Morgan fingerprint density at radius 1 is 1.07 bits per heavy atom. The number of nitrogens with zero attached hydrogens (tertiary/aromatic N) is 2. The first-order valence-corrected chi connectivity index (χ1v) is 12.2. The molecule has 1 fully saturated rings. The van der Waals surface area contributed by atoms with Gasteiger partial charge >= 0.3 is 0 Å². The number of hydrogen-bond acceptors (Lipinski definition) is 4. The molecule has 0 spiro atoms. The van der Waals surface area contributed by atoms with Crippen molar-refractivity contribution in [2.24, 2.45) is 0 Å². The molecule has 3 aromatic rings. The van der Waals surface area contributed by atoms with Gasteiger partial charge in [0.25, 0.3) is 15.9 Å². The molecular formula is C23H24N2O3S2. The van der Waals surface area contributed by atoms with E-state index in [2.05, 4.69) is 11.4 Å². The number of carbonyl (C=O) groups is 1. The van der Waals surface area contributed by atoms with Gasteiger partial charge in [-0.25, -0.2) is 8.42 Å². The highest BCUT2D eigenvalue weighted by Crippen LogP contribution is 2.34. The van der Waals surface area contributed by atoms with E-state index in [1.165, 1.54) is 16.9 Å². The van der Waals surface area contributed by atoms with Crippen LogP contribution in [0.3, 0.4) is 0 Å². The standard InChI is InChI=1S/C23H24N2O3S2/c1-17-5-11-21(12-6-17)30(27,28)24(2)20-9-7-18(8-10-20)23(26)25-14-3-4-22(25)19-13-15-29-16-19/h5-13,15-16,22H,3-4,14H2,1-2H3. The van der Waals surface area contributed by atoms with Gasteiger partial charge in [0.2, 0.25) is 0 Å². The number of amides is 1. The van der Waals surface area contributed by atoms with Gasteiger partial charge in [-0.15, -0.1) is 0 Å². The Bertz CT molecular complexity index is 1120. The van der Waals surface area contributed by atoms with Gasteiger partial charge in [0.05, 0.1) is 16.6 Å². The molecule has 7 heteroatoms. The lowest BCUT2D eigenvalue weighted by Gasteiger charge is -2.25. The maximum absolute atomic E-state index is 13.1. The summed E-state index contributed by atoms with van der Waals surface area (Å²) in [6.07, 6.45) is 1.96. The van der Waals surface area contributed by atoms with Gasteiger partial charge < -0.3 is 4.90 Å². The Morgan fingerprint density at radius 2 is 1.77 bits per heavy atom. The van der Waals surface area contributed by atoms with Gasteiger partial charge in [-0.1, -0.05) is 17.7 Å². The maximum atomic E-state index is 13.1. The number of carbonyl (C=O) groups excluding carboxylic acids is 1. The molecular weight excluding hydrogens is 416 g/mol. The summed E-state index contributed by atoms with van der Waals surface area (Å²) in [4.78, 5) is 15.2. The number of likely N-dealkylation sites (tertiary alicyclic amines) is 1. The molecule has 1 aliphatic rings. The predicted molar refractivity (Wildman–Crippen MR) is 121 cm³/mol. The number of thiophene rings is 1. The van der Waals surface area contributed by atoms with Gasteiger partial charge in [0.15, 0.2) is 0 Å². The lowest BCUT2D eigenvalue weighted by Crippen LogP contribution is -2.30. The second-order valence-corrected chi connectivity index (χ2v) is 10.3. The molecule has 2 heterocycles. The topological polar surface area (TPSA) is 57.7 Å². The Balaban J connectivity index is 1.53. The number of sulfonamides is 1. The minimum absolute atomic E-state index is 0.0145. The highest BCUT2D eigenvalue weighted by atomic mass is 32.2. The number of anilines is 1. The van der Waals surface area contributed by atoms with Crippen molar-refractivity contribution in [2.45, 2.75) is 30.7 Å². The minimum atomic E-state index is -3.66. The van der Waals surface area contributed by atoms with Crippen molar-refractivity contribution in [1.29, 1.82) is 0 Å². The molecule has 4 rings (SSSR count). The summed E-state index contributed by atoms with van der Waals surface area (Å²) in [5.74, 6) is -0.0145. The molecule has 0 radical (unpaired) electrons. The van der Waals surface area contributed by atoms with Gasteiger partial charge in [-0.2, -0.15) is 11.3 Å². The van der Waals surface area contributed by atoms with Crippen LogP contribution in [0.1, 0.15) is 40.4 Å². The summed E-state index contributed by atoms with van der Waals surface area (Å²) < 4.78 is 27.0. The van der Waals surface area contributed by atoms with Crippen LogP contribution in [-0.2, 0) is 10.0 Å². The van der Waals surface area contributed by atoms with Crippen molar-refractivity contribution in [3.8, 4) is 0 Å². The largest absolute Gasteiger partial charge is 0.332 e. The molecule has 1 saturated heterocycles. The van der Waals surface area contributed by atoms with Crippen LogP contribution in [0.25, 0.3) is 0 Å². The predicted octanol–water partition coefficient (Wildman–Crippen LogP) is 4.86. The van der Waals surface area contributed by atoms with Crippen molar-refractivity contribution in [3.63, 3.8) is 0 Å². The summed E-state index contributed by atoms with van der Waals surface area (Å²) in [6.45, 7) is 2.65. The summed E-state index contributed by atoms with van der Waals surface area (Å²) in [5, 5.41) is 4.14. The van der Waals surface area contributed by atoms with Crippen LogP contribution in [0.2, 0.25) is 0 Å². The van der Waals surface area contributed by atoms with Gasteiger partial charge in [0.1, 0.15) is 0 Å². The quantitative estimate of drug-likeness (QED) is 0.569. The second-order valence-electron chi connectivity index (χ2n) is 7.55. The Kier molecular flexibility index (Phi) is 5.66. The van der Waals surface area contributed by atoms with Crippen LogP contribution in [0.15, 0.2) is 70.3 Å². The van der Waals surface area contributed by atoms with E-state index in [-0.39, 0.29) is 16.8 Å². The molecule has 156 valence electrons. The number of aryl methyl sites for hydroxylation is 1. The van der Waals surface area contributed by atoms with E-state index in [0.717, 1.165) is 24.9 Å². The third-order valence-corrected chi connectivity index (χ3v) is 8.10. The maximum Gasteiger partial charge on any atom is 0.264 e. The van der Waals surface area contributed by atoms with Crippen molar-refractivity contribution in [2.75, 3.05) is 17.9 Å². The van der Waals surface area contributed by atoms with Crippen LogP contribution in [-0.4, -0.2) is 32.8 Å². The van der Waals surface area contributed by atoms with E-state index in [1.807, 2.05) is 17.2 Å². The number of benzene rings is 2. The molecule has 1 atom stereocenters. The van der Waals surface area contributed by atoms with Crippen LogP contribution in [0.4, 0.5) is 5.69 Å². The van der Waals surface area contributed by atoms with Crippen LogP contribution in [0, 0.1) is 6.92 Å². The molecule has 0 aliphatic carbocycles. The van der Waals surface area contributed by atoms with Crippen LogP contribution in [0.5, 0.6) is 0 Å². The van der Waals surface area contributed by atoms with E-state index in [1.54, 1.807) is 59.9 Å². The zero-order valence-corrected chi connectivity index (χ0v) is 18.6. The average molecular weight is 441 g/mol. The zero-order valence-electron chi connectivity index (χ0n) is 17.0. The lowest BCUT2D eigenvalue weighted by atomic mass is 10.1. The van der Waals surface area contributed by atoms with Crippen molar-refractivity contribution in [1.82, 2.24) is 4.90 Å². The van der Waals surface area contributed by atoms with Gasteiger partial charge in [0, 0.05) is 19.2 Å². The SMILES string of the molecule is Cc1ccc(S(=O)(=O)N(C)c2ccc(C(=O)N3CCCC3c3ccsc3)cc2)cc1. The fraction of sp³-hybridized carbons (Fsp3) is 0.261. The van der Waals surface area contributed by atoms with Crippen molar-refractivity contribution < 1.29 is 13.2 Å². The lowest BCUT2D eigenvalue weighted by molar-refractivity contribution is 0.0736. The molecule has 1 unspecified atom stereocenters. The summed E-state index contributed by atoms with van der Waals surface area (Å²) in [5.41, 5.74) is 3.28. The molecule has 1 aromatic heterocycles. The van der Waals surface area contributed by atoms with Crippen LogP contribution >= 0.6 is 11.3 Å². The molecule has 1 aliphatic heterocycles. The van der Waals surface area contributed by atoms with Gasteiger partial charge in [-0.05, 0) is 78.6 Å². The molecule has 1 amide bonds. The molecule has 5 nitrogen and oxygen atoms in total. The normalized spacial score (nSPS) is 16.6. The summed E-state index contributed by atoms with van der Waals surface area (Å²) in [7, 11) is -2.13. The van der Waals surface area contributed by atoms with Crippen LogP contribution < -0.4 is 4.31 Å². The Hall–Kier alpha value is -2.64. The second kappa shape index (κ2) is 8.24. The van der Waals surface area contributed by atoms with E-state index in [0.29, 0.717) is 11.3 Å². The smallest absolute Gasteiger partial charge is 0.264 e. The minimum Gasteiger partial charge on any atom is -0.332 e. The third-order valence-electron chi connectivity index (χ3n) is 5.60. The first-order valence-electron chi connectivity index (χ1n) is 9.86. The number of hydrogen-bond donors (Lipinski definition) is 0. The molecule has 0 bridgehead atoms. The fourth-order valence-electron chi connectivity index (χ4n) is 3.81. The molecule has 0 N–H and O–H groups in total. The third kappa shape index (κ3) is 3.87. The molecule has 2 aromatic carbocycles. The zero-order chi connectivity index (χ0) is 21.3. The van der Waals surface area contributed by atoms with Gasteiger partial charge in [-0.3, -0.25) is 9.10 Å². The summed E-state index contributed by atoms with van der Waals surface area (Å²) in [6, 6.07) is 15.8. The first-order chi connectivity index (χ1) is 14.4. The molecule has 0 saturated carbocycles. The number of rotatable bonds is 5. The highest BCUT2D eigenvalue weighted by molar-refractivity contribution is 7.92. The Labute approximate surface area is 181 Å². The van der Waals surface area contributed by atoms with Crippen molar-refractivity contribution in [3.05, 3.63) is 82.0 Å². The molecule has 30 heavy (non-hydrogen) atoms. The van der Waals surface area contributed by atoms with E-state index >= 15 is 0 Å². The fourth-order valence-corrected chi connectivity index (χ4v) is 5.71. The van der Waals surface area contributed by atoms with E-state index in [4.69, 9.17) is 0 Å². The average Bonchev–Trinajstić information content (AvgIpc) is 3.44. The summed E-state index contributed by atoms with van der Waals surface area (Å²) >= 11 is 1.64. The Morgan fingerprint density at radius 3 is 2.40 bits per heavy atom. The van der Waals surface area contributed by atoms with E-state index in [9.17, 15) is 13.2 Å².